The molecule has 14 heavy (non-hydrogen) atoms. The second kappa shape index (κ2) is 3.74. The van der Waals surface area contributed by atoms with Gasteiger partial charge in [0.2, 0.25) is 0 Å². The largest absolute Gasteiger partial charge is 0.439 e. The summed E-state index contributed by atoms with van der Waals surface area (Å²) in [4.78, 5) is 13.2. The van der Waals surface area contributed by atoms with E-state index in [-0.39, 0.29) is 0 Å². The topological polar surface area (TPSA) is 58.9 Å². The average Bonchev–Trinajstić information content (AvgIpc) is 2.51. The van der Waals surface area contributed by atoms with Crippen LogP contribution in [0.1, 0.15) is 0 Å². The molecule has 0 spiro atoms. The Hall–Kier alpha value is -0.820. The summed E-state index contributed by atoms with van der Waals surface area (Å²) < 4.78 is 5.31. The van der Waals surface area contributed by atoms with E-state index in [1.807, 2.05) is 0 Å². The third kappa shape index (κ3) is 1.83. The van der Waals surface area contributed by atoms with E-state index in [1.165, 1.54) is 0 Å². The maximum absolute atomic E-state index is 10.7. The smallest absolute Gasteiger partial charge is 0.296 e. The lowest BCUT2D eigenvalue weighted by atomic mass is 10.2. The molecule has 0 unspecified atom stereocenters. The van der Waals surface area contributed by atoms with Gasteiger partial charge in [-0.2, -0.15) is 0 Å². The summed E-state index contributed by atoms with van der Waals surface area (Å²) >= 11 is 7.90. The van der Waals surface area contributed by atoms with Gasteiger partial charge < -0.3 is 0 Å². The highest BCUT2D eigenvalue weighted by Gasteiger charge is 2.08. The van der Waals surface area contributed by atoms with Crippen LogP contribution in [0.5, 0.6) is 0 Å². The first-order chi connectivity index (χ1) is 6.66. The number of hydrogen-bond acceptors (Lipinski definition) is 3. The molecule has 72 valence electrons. The van der Waals surface area contributed by atoms with Crippen molar-refractivity contribution in [1.82, 2.24) is 10.1 Å². The maximum atomic E-state index is 10.7. The summed E-state index contributed by atoms with van der Waals surface area (Å²) in [6.07, 6.45) is 0. The van der Waals surface area contributed by atoms with E-state index in [4.69, 9.17) is 11.6 Å². The lowest BCUT2D eigenvalue weighted by Gasteiger charge is -1.98. The highest BCUT2D eigenvalue weighted by Crippen LogP contribution is 2.24. The number of hydrogen-bond donors (Lipinski definition) is 1. The Labute approximate surface area is 97.4 Å². The van der Waals surface area contributed by atoms with E-state index in [1.54, 1.807) is 18.2 Å². The van der Waals surface area contributed by atoms with Crippen molar-refractivity contribution in [3.05, 3.63) is 37.3 Å². The lowest BCUT2D eigenvalue weighted by molar-refractivity contribution is 0.388. The molecule has 0 bridgehead atoms. The summed E-state index contributed by atoms with van der Waals surface area (Å²) in [6, 6.07) is 5.29. The molecule has 4 nitrogen and oxygen atoms in total. The van der Waals surface area contributed by atoms with Crippen LogP contribution in [0.4, 0.5) is 0 Å². The van der Waals surface area contributed by atoms with Crippen LogP contribution in [-0.4, -0.2) is 10.1 Å². The normalized spacial score (nSPS) is 10.4. The first-order valence-electron chi connectivity index (χ1n) is 3.68. The Kier molecular flexibility index (Phi) is 2.60. The van der Waals surface area contributed by atoms with Gasteiger partial charge in [0.25, 0.3) is 0 Å². The second-order valence-corrected chi connectivity index (χ2v) is 4.17. The Balaban J connectivity index is 2.57. The quantitative estimate of drug-likeness (QED) is 0.820. The van der Waals surface area contributed by atoms with Gasteiger partial charge in [-0.05, 0) is 40.8 Å². The number of halogens is 2. The van der Waals surface area contributed by atoms with Crippen LogP contribution in [0.3, 0.4) is 0 Å². The van der Waals surface area contributed by atoms with Gasteiger partial charge in [0, 0.05) is 14.2 Å². The van der Waals surface area contributed by atoms with Crippen molar-refractivity contribution in [2.24, 2.45) is 0 Å². The van der Waals surface area contributed by atoms with Crippen molar-refractivity contribution in [2.75, 3.05) is 0 Å². The fourth-order valence-corrected chi connectivity index (χ4v) is 2.15. The molecule has 0 saturated carbocycles. The van der Waals surface area contributed by atoms with E-state index in [2.05, 4.69) is 37.3 Å². The van der Waals surface area contributed by atoms with Crippen LogP contribution in [0.15, 0.2) is 27.5 Å². The van der Waals surface area contributed by atoms with Crippen molar-refractivity contribution in [2.45, 2.75) is 0 Å². The van der Waals surface area contributed by atoms with E-state index >= 15 is 0 Å². The van der Waals surface area contributed by atoms with Gasteiger partial charge in [-0.25, -0.2) is 4.79 Å². The fraction of sp³-hybridized carbons (Fsp3) is 0. The predicted molar refractivity (Wildman–Crippen MR) is 60.3 cm³/mol. The van der Waals surface area contributed by atoms with Crippen LogP contribution in [0, 0.1) is 3.57 Å². The van der Waals surface area contributed by atoms with Crippen LogP contribution < -0.4 is 5.76 Å². The number of rotatable bonds is 1. The van der Waals surface area contributed by atoms with Crippen molar-refractivity contribution < 1.29 is 4.52 Å². The molecule has 1 aromatic carbocycles. The zero-order valence-electron chi connectivity index (χ0n) is 6.75. The van der Waals surface area contributed by atoms with Gasteiger partial charge in [-0.3, -0.25) is 9.51 Å². The number of benzene rings is 1. The number of aromatic nitrogens is 2. The minimum absolute atomic E-state index is 0.413. The van der Waals surface area contributed by atoms with Gasteiger partial charge in [-0.1, -0.05) is 16.8 Å². The van der Waals surface area contributed by atoms with Crippen LogP contribution in [0.2, 0.25) is 5.02 Å². The molecular weight excluding hydrogens is 318 g/mol. The van der Waals surface area contributed by atoms with Gasteiger partial charge in [0.05, 0.1) is 0 Å². The Morgan fingerprint density at radius 3 is 2.86 bits per heavy atom. The van der Waals surface area contributed by atoms with Gasteiger partial charge in [0.15, 0.2) is 5.82 Å². The molecule has 0 saturated heterocycles. The minimum Gasteiger partial charge on any atom is -0.296 e. The Morgan fingerprint density at radius 2 is 2.29 bits per heavy atom. The van der Waals surface area contributed by atoms with E-state index < -0.39 is 5.76 Å². The van der Waals surface area contributed by atoms with E-state index in [9.17, 15) is 4.79 Å². The number of aromatic amines is 1. The number of nitrogens with zero attached hydrogens (tertiary/aromatic N) is 1. The molecule has 0 atom stereocenters. The van der Waals surface area contributed by atoms with E-state index in [0.29, 0.717) is 10.8 Å². The molecule has 0 fully saturated rings. The second-order valence-electron chi connectivity index (χ2n) is 2.57. The first-order valence-corrected chi connectivity index (χ1v) is 5.14. The number of nitrogens with one attached hydrogen (secondary N) is 1. The molecule has 2 aromatic rings. The summed E-state index contributed by atoms with van der Waals surface area (Å²) in [5.74, 6) is -0.151. The third-order valence-corrected chi connectivity index (χ3v) is 2.75. The molecule has 6 heteroatoms. The van der Waals surface area contributed by atoms with Gasteiger partial charge in [0.1, 0.15) is 0 Å². The summed E-state index contributed by atoms with van der Waals surface area (Å²) in [6.45, 7) is 0. The first kappa shape index (κ1) is 9.72. The summed E-state index contributed by atoms with van der Waals surface area (Å²) in [7, 11) is 0. The van der Waals surface area contributed by atoms with Crippen LogP contribution >= 0.6 is 34.2 Å². The molecule has 0 radical (unpaired) electrons. The maximum Gasteiger partial charge on any atom is 0.439 e. The Morgan fingerprint density at radius 1 is 1.50 bits per heavy atom. The molecular formula is C8H4ClIN2O2. The van der Waals surface area contributed by atoms with Crippen molar-refractivity contribution >= 4 is 34.2 Å². The zero-order chi connectivity index (χ0) is 10.1. The molecule has 0 amide bonds. The van der Waals surface area contributed by atoms with Gasteiger partial charge >= 0.3 is 5.76 Å². The van der Waals surface area contributed by atoms with Crippen LogP contribution in [0.25, 0.3) is 11.4 Å². The predicted octanol–water partition coefficient (Wildman–Crippen LogP) is 2.29. The molecule has 0 aliphatic heterocycles. The van der Waals surface area contributed by atoms with Crippen molar-refractivity contribution in [3.8, 4) is 11.4 Å². The molecule has 0 aliphatic rings. The highest BCUT2D eigenvalue weighted by atomic mass is 127. The van der Waals surface area contributed by atoms with Crippen molar-refractivity contribution in [1.29, 1.82) is 0 Å². The minimum atomic E-state index is -0.564. The number of H-pyrrole nitrogens is 1. The average molecular weight is 322 g/mol. The molecule has 1 heterocycles. The third-order valence-electron chi connectivity index (χ3n) is 1.63. The molecule has 1 aromatic heterocycles. The van der Waals surface area contributed by atoms with Gasteiger partial charge in [-0.15, -0.1) is 0 Å². The van der Waals surface area contributed by atoms with Crippen molar-refractivity contribution in [3.63, 3.8) is 0 Å². The Bertz CT molecular complexity index is 520. The molecule has 2 rings (SSSR count). The molecule has 0 aliphatic carbocycles. The fourth-order valence-electron chi connectivity index (χ4n) is 1.03. The summed E-state index contributed by atoms with van der Waals surface area (Å²) in [5, 5.41) is 4.23. The highest BCUT2D eigenvalue weighted by molar-refractivity contribution is 14.1. The van der Waals surface area contributed by atoms with E-state index in [0.717, 1.165) is 9.13 Å². The summed E-state index contributed by atoms with van der Waals surface area (Å²) in [5.41, 5.74) is 0.792. The SMILES string of the molecule is O=c1[nH]c(-c2ccc(Cl)cc2I)no1. The van der Waals surface area contributed by atoms with Crippen LogP contribution in [-0.2, 0) is 0 Å². The molecule has 1 N–H and O–H groups in total. The lowest BCUT2D eigenvalue weighted by Crippen LogP contribution is -1.95. The monoisotopic (exact) mass is 322 g/mol. The standard InChI is InChI=1S/C8H4ClIN2O2/c9-4-1-2-5(6(10)3-4)7-11-8(13)14-12-7/h1-3H,(H,11,12,13). The zero-order valence-corrected chi connectivity index (χ0v) is 9.67.